The molecule has 25 heavy (non-hydrogen) atoms. The molecule has 1 saturated heterocycles. The number of nitrogens with zero attached hydrogens (tertiary/aromatic N) is 1. The summed E-state index contributed by atoms with van der Waals surface area (Å²) in [5.41, 5.74) is -11.3. The van der Waals surface area contributed by atoms with Crippen molar-refractivity contribution >= 4 is 5.69 Å². The average Bonchev–Trinajstić information content (AvgIpc) is 3.11. The maximum absolute atomic E-state index is 13.5. The lowest BCUT2D eigenvalue weighted by Gasteiger charge is -2.19. The number of halogens is 13. The van der Waals surface area contributed by atoms with Crippen LogP contribution in [0.25, 0.3) is 0 Å². The average molecular weight is 397 g/mol. The fourth-order valence-electron chi connectivity index (χ4n) is 1.86. The molecule has 0 radical (unpaired) electrons. The van der Waals surface area contributed by atoms with Crippen LogP contribution in [0.2, 0.25) is 0 Å². The first-order valence-electron chi connectivity index (χ1n) is 5.54. The Kier molecular flexibility index (Phi) is 3.91. The van der Waals surface area contributed by atoms with Gasteiger partial charge in [0.15, 0.2) is 23.3 Å². The van der Waals surface area contributed by atoms with E-state index in [2.05, 4.69) is 4.84 Å². The predicted molar refractivity (Wildman–Crippen MR) is 49.7 cm³/mol. The van der Waals surface area contributed by atoms with Crippen LogP contribution in [0.3, 0.4) is 0 Å². The molecule has 0 aromatic heterocycles. The Balaban J connectivity index is 2.72. The summed E-state index contributed by atoms with van der Waals surface area (Å²) in [5.74, 6) is -12.8. The molecular weight excluding hydrogens is 397 g/mol. The molecule has 0 unspecified atom stereocenters. The number of benzene rings is 1. The summed E-state index contributed by atoms with van der Waals surface area (Å²) in [6.45, 7) is 0. The molecule has 0 saturated carbocycles. The van der Waals surface area contributed by atoms with Crippen LogP contribution in [0.5, 0.6) is 0 Å². The van der Waals surface area contributed by atoms with Gasteiger partial charge in [-0.2, -0.15) is 44.6 Å². The van der Waals surface area contributed by atoms with Crippen LogP contribution < -0.4 is 5.06 Å². The van der Waals surface area contributed by atoms with Gasteiger partial charge in [0.25, 0.3) is 0 Å². The standard InChI is InChI=1S/C10F13NO/c11-2-1(7(15,16)17)3(12)5(14)6(4(2)13)24-8(25-24,9(18,19)20)10(21,22)23. The SMILES string of the molecule is Fc1c(F)c(C(F)(F)F)c(F)c(F)c1N1OC1(C(F)(F)F)C(F)(F)F. The van der Waals surface area contributed by atoms with Crippen molar-refractivity contribution < 1.29 is 61.9 Å². The topological polar surface area (TPSA) is 15.5 Å². The van der Waals surface area contributed by atoms with Crippen LogP contribution in [-0.2, 0) is 11.0 Å². The number of anilines is 1. The third-order valence-electron chi connectivity index (χ3n) is 2.97. The van der Waals surface area contributed by atoms with Crippen molar-refractivity contribution in [1.29, 1.82) is 0 Å². The zero-order valence-electron chi connectivity index (χ0n) is 10.8. The van der Waals surface area contributed by atoms with Crippen molar-refractivity contribution in [2.45, 2.75) is 24.3 Å². The third kappa shape index (κ3) is 2.55. The summed E-state index contributed by atoms with van der Waals surface area (Å²) in [4.78, 5) is 3.11. The van der Waals surface area contributed by atoms with Gasteiger partial charge in [-0.25, -0.2) is 22.4 Å². The Morgan fingerprint density at radius 2 is 1.00 bits per heavy atom. The molecule has 0 aliphatic carbocycles. The van der Waals surface area contributed by atoms with Crippen LogP contribution in [0, 0.1) is 23.3 Å². The first kappa shape index (κ1) is 19.4. The maximum atomic E-state index is 13.5. The lowest BCUT2D eigenvalue weighted by molar-refractivity contribution is -0.291. The van der Waals surface area contributed by atoms with E-state index in [1.165, 1.54) is 0 Å². The molecule has 1 heterocycles. The Bertz CT molecular complexity index is 672. The predicted octanol–water partition coefficient (Wildman–Crippen LogP) is 4.83. The minimum Gasteiger partial charge on any atom is -0.220 e. The summed E-state index contributed by atoms with van der Waals surface area (Å²) in [7, 11) is 0. The van der Waals surface area contributed by atoms with Gasteiger partial charge in [-0.15, -0.1) is 0 Å². The lowest BCUT2D eigenvalue weighted by atomic mass is 10.1. The summed E-state index contributed by atoms with van der Waals surface area (Å²) in [6, 6.07) is 0. The van der Waals surface area contributed by atoms with E-state index < -0.39 is 63.8 Å². The molecule has 1 aliphatic heterocycles. The highest BCUT2D eigenvalue weighted by atomic mass is 19.4. The molecule has 0 atom stereocenters. The molecule has 1 fully saturated rings. The number of hydrogen-bond donors (Lipinski definition) is 0. The van der Waals surface area contributed by atoms with Crippen molar-refractivity contribution in [2.75, 3.05) is 5.06 Å². The molecule has 142 valence electrons. The van der Waals surface area contributed by atoms with E-state index >= 15 is 0 Å². The molecule has 1 aromatic carbocycles. The minimum atomic E-state index is -6.40. The van der Waals surface area contributed by atoms with Gasteiger partial charge in [0, 0.05) is 0 Å². The molecule has 2 nitrogen and oxygen atoms in total. The van der Waals surface area contributed by atoms with Crippen LogP contribution >= 0.6 is 0 Å². The number of alkyl halides is 9. The second kappa shape index (κ2) is 5.04. The fraction of sp³-hybridized carbons (Fsp3) is 0.400. The van der Waals surface area contributed by atoms with E-state index in [0.29, 0.717) is 0 Å². The molecule has 0 bridgehead atoms. The second-order valence-electron chi connectivity index (χ2n) is 4.50. The summed E-state index contributed by atoms with van der Waals surface area (Å²) in [5, 5.41) is -1.63. The van der Waals surface area contributed by atoms with Gasteiger partial charge < -0.3 is 0 Å². The minimum absolute atomic E-state index is 1.63. The van der Waals surface area contributed by atoms with E-state index in [9.17, 15) is 57.1 Å². The molecule has 0 amide bonds. The zero-order chi connectivity index (χ0) is 19.7. The number of hydrogen-bond acceptors (Lipinski definition) is 2. The van der Waals surface area contributed by atoms with E-state index in [1.54, 1.807) is 0 Å². The van der Waals surface area contributed by atoms with Gasteiger partial charge in [-0.3, -0.25) is 0 Å². The molecular formula is C10F13NO. The van der Waals surface area contributed by atoms with Crippen LogP contribution in [0.4, 0.5) is 62.8 Å². The Hall–Kier alpha value is -1.93. The molecule has 0 N–H and O–H groups in total. The molecule has 2 rings (SSSR count). The van der Waals surface area contributed by atoms with Crippen molar-refractivity contribution in [3.63, 3.8) is 0 Å². The Morgan fingerprint density at radius 1 is 0.640 bits per heavy atom. The summed E-state index contributed by atoms with van der Waals surface area (Å²) in [6.07, 6.45) is -18.8. The van der Waals surface area contributed by atoms with Crippen LogP contribution in [0.1, 0.15) is 5.56 Å². The normalized spacial score (nSPS) is 17.9. The van der Waals surface area contributed by atoms with Crippen molar-refractivity contribution in [2.24, 2.45) is 0 Å². The Labute approximate surface area is 127 Å². The van der Waals surface area contributed by atoms with E-state index in [4.69, 9.17) is 0 Å². The highest BCUT2D eigenvalue weighted by molar-refractivity contribution is 5.56. The van der Waals surface area contributed by atoms with E-state index in [-0.39, 0.29) is 0 Å². The van der Waals surface area contributed by atoms with Crippen LogP contribution in [0.15, 0.2) is 0 Å². The zero-order valence-corrected chi connectivity index (χ0v) is 10.8. The number of rotatable bonds is 1. The largest absolute Gasteiger partial charge is 0.451 e. The van der Waals surface area contributed by atoms with Gasteiger partial charge in [0.2, 0.25) is 0 Å². The van der Waals surface area contributed by atoms with Gasteiger partial charge in [0.1, 0.15) is 11.3 Å². The fourth-order valence-corrected chi connectivity index (χ4v) is 1.86. The maximum Gasteiger partial charge on any atom is 0.451 e. The lowest BCUT2D eigenvalue weighted by Crippen LogP contribution is -2.49. The highest BCUT2D eigenvalue weighted by Crippen LogP contribution is 2.60. The van der Waals surface area contributed by atoms with Crippen molar-refractivity contribution in [3.05, 3.63) is 28.8 Å². The van der Waals surface area contributed by atoms with Crippen molar-refractivity contribution in [1.82, 2.24) is 0 Å². The molecule has 0 spiro atoms. The summed E-state index contributed by atoms with van der Waals surface area (Å²) >= 11 is 0. The van der Waals surface area contributed by atoms with Crippen LogP contribution in [-0.4, -0.2) is 18.1 Å². The second-order valence-corrected chi connectivity index (χ2v) is 4.50. The first-order valence-corrected chi connectivity index (χ1v) is 5.54. The number of hydroxylamine groups is 1. The smallest absolute Gasteiger partial charge is 0.220 e. The molecule has 1 aromatic rings. The van der Waals surface area contributed by atoms with Gasteiger partial charge in [0.05, 0.1) is 0 Å². The van der Waals surface area contributed by atoms with Gasteiger partial charge in [-0.05, 0) is 0 Å². The highest BCUT2D eigenvalue weighted by Gasteiger charge is 2.88. The van der Waals surface area contributed by atoms with Crippen molar-refractivity contribution in [3.8, 4) is 0 Å². The first-order chi connectivity index (χ1) is 11.0. The van der Waals surface area contributed by atoms with E-state index in [0.717, 1.165) is 0 Å². The quantitative estimate of drug-likeness (QED) is 0.383. The molecule has 15 heteroatoms. The Morgan fingerprint density at radius 3 is 1.24 bits per heavy atom. The molecule has 1 aliphatic rings. The van der Waals surface area contributed by atoms with Gasteiger partial charge >= 0.3 is 24.3 Å². The monoisotopic (exact) mass is 397 g/mol. The van der Waals surface area contributed by atoms with Gasteiger partial charge in [-0.1, -0.05) is 0 Å². The van der Waals surface area contributed by atoms with E-state index in [1.807, 2.05) is 0 Å². The summed E-state index contributed by atoms with van der Waals surface area (Å²) < 4.78 is 166. The third-order valence-corrected chi connectivity index (χ3v) is 2.97.